The average Bonchev–Trinajstić information content (AvgIpc) is 2.94. The van der Waals surface area contributed by atoms with E-state index in [2.05, 4.69) is 20.0 Å². The molecule has 0 atom stereocenters. The number of likely N-dealkylation sites (N-methyl/N-ethyl adjacent to an activating group) is 1. The van der Waals surface area contributed by atoms with Crippen LogP contribution < -0.4 is 5.73 Å². The number of nitrogens with zero attached hydrogens (tertiary/aromatic N) is 4. The highest BCUT2D eigenvalue weighted by Gasteiger charge is 2.31. The van der Waals surface area contributed by atoms with Gasteiger partial charge in [-0.15, -0.1) is 0 Å². The quantitative estimate of drug-likeness (QED) is 0.679. The zero-order chi connectivity index (χ0) is 15.5. The van der Waals surface area contributed by atoms with Gasteiger partial charge >= 0.3 is 0 Å². The molecule has 0 spiro atoms. The van der Waals surface area contributed by atoms with Crippen LogP contribution in [0.4, 0.5) is 0 Å². The maximum atomic E-state index is 12.6. The van der Waals surface area contributed by atoms with E-state index >= 15 is 0 Å². The summed E-state index contributed by atoms with van der Waals surface area (Å²) in [6, 6.07) is 0. The Bertz CT molecular complexity index is 548. The number of H-pyrrole nitrogens is 1. The molecule has 0 bridgehead atoms. The lowest BCUT2D eigenvalue weighted by molar-refractivity contribution is 0.174. The standard InChI is InChI=1S/C12H24N6O2S/c1-16(2)3-4-17-5-7-18(8-6-17)21(19,20)12-11(9-13)10-14-15-12/h10H,3-9,13H2,1-2H3,(H,14,15). The zero-order valence-corrected chi connectivity index (χ0v) is 13.4. The minimum Gasteiger partial charge on any atom is -0.326 e. The van der Waals surface area contributed by atoms with Crippen molar-refractivity contribution in [3.05, 3.63) is 11.8 Å². The Morgan fingerprint density at radius 2 is 2.00 bits per heavy atom. The van der Waals surface area contributed by atoms with E-state index in [-0.39, 0.29) is 11.6 Å². The Labute approximate surface area is 125 Å². The Morgan fingerprint density at radius 3 is 2.57 bits per heavy atom. The fraction of sp³-hybridized carbons (Fsp3) is 0.750. The van der Waals surface area contributed by atoms with Gasteiger partial charge in [-0.25, -0.2) is 8.42 Å². The van der Waals surface area contributed by atoms with Gasteiger partial charge in [-0.3, -0.25) is 10.00 Å². The number of hydrogen-bond donors (Lipinski definition) is 2. The van der Waals surface area contributed by atoms with E-state index in [0.29, 0.717) is 18.7 Å². The Hall–Kier alpha value is -1.00. The van der Waals surface area contributed by atoms with Crippen LogP contribution in [0.25, 0.3) is 0 Å². The molecule has 1 fully saturated rings. The summed E-state index contributed by atoms with van der Waals surface area (Å²) in [5.41, 5.74) is 6.09. The summed E-state index contributed by atoms with van der Waals surface area (Å²) in [4.78, 5) is 4.41. The molecule has 2 heterocycles. The summed E-state index contributed by atoms with van der Waals surface area (Å²) in [6.45, 7) is 4.59. The molecule has 1 aliphatic rings. The van der Waals surface area contributed by atoms with Crippen LogP contribution in [0, 0.1) is 0 Å². The largest absolute Gasteiger partial charge is 0.326 e. The van der Waals surface area contributed by atoms with Gasteiger partial charge in [0.1, 0.15) is 0 Å². The van der Waals surface area contributed by atoms with Crippen LogP contribution in [-0.4, -0.2) is 86.1 Å². The molecule has 0 unspecified atom stereocenters. The van der Waals surface area contributed by atoms with Crippen molar-refractivity contribution in [2.24, 2.45) is 5.73 Å². The lowest BCUT2D eigenvalue weighted by Crippen LogP contribution is -2.50. The van der Waals surface area contributed by atoms with Crippen molar-refractivity contribution in [2.45, 2.75) is 11.6 Å². The van der Waals surface area contributed by atoms with Crippen LogP contribution in [0.1, 0.15) is 5.56 Å². The summed E-state index contributed by atoms with van der Waals surface area (Å²) in [5.74, 6) is 0. The van der Waals surface area contributed by atoms with Gasteiger partial charge in [0.05, 0.1) is 6.20 Å². The van der Waals surface area contributed by atoms with E-state index in [9.17, 15) is 8.42 Å². The number of rotatable bonds is 6. The topological polar surface area (TPSA) is 98.6 Å². The Morgan fingerprint density at radius 1 is 1.33 bits per heavy atom. The zero-order valence-electron chi connectivity index (χ0n) is 12.6. The van der Waals surface area contributed by atoms with Crippen molar-refractivity contribution < 1.29 is 8.42 Å². The maximum absolute atomic E-state index is 12.6. The van der Waals surface area contributed by atoms with Crippen LogP contribution in [0.15, 0.2) is 11.2 Å². The van der Waals surface area contributed by atoms with E-state index < -0.39 is 10.0 Å². The second kappa shape index (κ2) is 6.84. The smallest absolute Gasteiger partial charge is 0.260 e. The average molecular weight is 316 g/mol. The second-order valence-corrected chi connectivity index (χ2v) is 7.35. The van der Waals surface area contributed by atoms with E-state index in [4.69, 9.17) is 5.73 Å². The molecule has 8 nitrogen and oxygen atoms in total. The van der Waals surface area contributed by atoms with Gasteiger partial charge in [-0.2, -0.15) is 9.40 Å². The van der Waals surface area contributed by atoms with Gasteiger partial charge in [0.15, 0.2) is 5.03 Å². The first-order chi connectivity index (χ1) is 9.95. The molecule has 21 heavy (non-hydrogen) atoms. The first kappa shape index (κ1) is 16.4. The molecule has 1 aromatic rings. The predicted molar refractivity (Wildman–Crippen MR) is 80.2 cm³/mol. The van der Waals surface area contributed by atoms with E-state index in [1.807, 2.05) is 14.1 Å². The van der Waals surface area contributed by atoms with Crippen LogP contribution in [0.2, 0.25) is 0 Å². The first-order valence-electron chi connectivity index (χ1n) is 7.04. The lowest BCUT2D eigenvalue weighted by atomic mass is 10.3. The molecule has 9 heteroatoms. The molecule has 2 rings (SSSR count). The van der Waals surface area contributed by atoms with Gasteiger partial charge in [0.25, 0.3) is 10.0 Å². The van der Waals surface area contributed by atoms with Crippen LogP contribution >= 0.6 is 0 Å². The third-order valence-electron chi connectivity index (χ3n) is 3.69. The van der Waals surface area contributed by atoms with Crippen LogP contribution in [0.5, 0.6) is 0 Å². The molecule has 0 radical (unpaired) electrons. The van der Waals surface area contributed by atoms with E-state index in [1.54, 1.807) is 0 Å². The number of aromatic nitrogens is 2. The van der Waals surface area contributed by atoms with Crippen molar-refractivity contribution in [1.82, 2.24) is 24.3 Å². The fourth-order valence-corrected chi connectivity index (χ4v) is 3.87. The number of sulfonamides is 1. The van der Waals surface area contributed by atoms with Gasteiger partial charge in [0, 0.05) is 51.4 Å². The highest BCUT2D eigenvalue weighted by atomic mass is 32.2. The maximum Gasteiger partial charge on any atom is 0.260 e. The molecule has 0 aromatic carbocycles. The summed E-state index contributed by atoms with van der Waals surface area (Å²) in [5, 5.41) is 6.49. The molecular formula is C12H24N6O2S. The predicted octanol–water partition coefficient (Wildman–Crippen LogP) is -1.26. The van der Waals surface area contributed by atoms with Gasteiger partial charge < -0.3 is 10.6 Å². The molecule has 1 aliphatic heterocycles. The fourth-order valence-electron chi connectivity index (χ4n) is 2.33. The van der Waals surface area contributed by atoms with Crippen molar-refractivity contribution >= 4 is 10.0 Å². The molecule has 120 valence electrons. The van der Waals surface area contributed by atoms with Crippen molar-refractivity contribution in [1.29, 1.82) is 0 Å². The normalized spacial score (nSPS) is 18.5. The van der Waals surface area contributed by atoms with Gasteiger partial charge in [-0.05, 0) is 14.1 Å². The van der Waals surface area contributed by atoms with Crippen molar-refractivity contribution in [2.75, 3.05) is 53.4 Å². The molecular weight excluding hydrogens is 292 g/mol. The molecule has 1 aromatic heterocycles. The summed E-state index contributed by atoms with van der Waals surface area (Å²) in [6.07, 6.45) is 1.47. The second-order valence-electron chi connectivity index (χ2n) is 5.48. The highest BCUT2D eigenvalue weighted by molar-refractivity contribution is 7.89. The molecule has 1 saturated heterocycles. The summed E-state index contributed by atoms with van der Waals surface area (Å²) >= 11 is 0. The van der Waals surface area contributed by atoms with Crippen molar-refractivity contribution in [3.63, 3.8) is 0 Å². The molecule has 0 saturated carbocycles. The number of nitrogens with two attached hydrogens (primary N) is 1. The minimum atomic E-state index is -3.52. The lowest BCUT2D eigenvalue weighted by Gasteiger charge is -2.34. The summed E-state index contributed by atoms with van der Waals surface area (Å²) in [7, 11) is 0.552. The van der Waals surface area contributed by atoms with E-state index in [1.165, 1.54) is 10.5 Å². The van der Waals surface area contributed by atoms with Crippen LogP contribution in [0.3, 0.4) is 0 Å². The highest BCUT2D eigenvalue weighted by Crippen LogP contribution is 2.18. The monoisotopic (exact) mass is 316 g/mol. The number of aromatic amines is 1. The van der Waals surface area contributed by atoms with Gasteiger partial charge in [-0.1, -0.05) is 0 Å². The minimum absolute atomic E-state index is 0.131. The Balaban J connectivity index is 1.98. The van der Waals surface area contributed by atoms with E-state index in [0.717, 1.165) is 26.2 Å². The third kappa shape index (κ3) is 3.80. The van der Waals surface area contributed by atoms with Crippen LogP contribution in [-0.2, 0) is 16.6 Å². The number of hydrogen-bond acceptors (Lipinski definition) is 6. The third-order valence-corrected chi connectivity index (χ3v) is 5.60. The SMILES string of the molecule is CN(C)CCN1CCN(S(=O)(=O)c2[nH]ncc2CN)CC1. The molecule has 3 N–H and O–H groups in total. The molecule has 0 aliphatic carbocycles. The number of piperazine rings is 1. The first-order valence-corrected chi connectivity index (χ1v) is 8.48. The van der Waals surface area contributed by atoms with Crippen molar-refractivity contribution in [3.8, 4) is 0 Å². The van der Waals surface area contributed by atoms with Gasteiger partial charge in [0.2, 0.25) is 0 Å². The molecule has 0 amide bonds. The Kier molecular flexibility index (Phi) is 5.33. The summed E-state index contributed by atoms with van der Waals surface area (Å²) < 4.78 is 26.7. The number of nitrogens with one attached hydrogen (secondary N) is 1.